The Morgan fingerprint density at radius 3 is 2.89 bits per heavy atom. The number of likely N-dealkylation sites (N-methyl/N-ethyl adjacent to an activating group) is 1. The van der Waals surface area contributed by atoms with E-state index in [1.54, 1.807) is 0 Å². The zero-order chi connectivity index (χ0) is 13.0. The number of nitrogens with zero attached hydrogens (tertiary/aromatic N) is 4. The molecule has 2 heterocycles. The van der Waals surface area contributed by atoms with Gasteiger partial charge in [0.05, 0.1) is 6.54 Å². The van der Waals surface area contributed by atoms with Gasteiger partial charge in [-0.2, -0.15) is 5.10 Å². The van der Waals surface area contributed by atoms with Crippen LogP contribution < -0.4 is 5.73 Å². The molecule has 5 heteroatoms. The average molecular weight is 251 g/mol. The van der Waals surface area contributed by atoms with Gasteiger partial charge in [-0.05, 0) is 39.0 Å². The summed E-state index contributed by atoms with van der Waals surface area (Å²) in [5.74, 6) is 0.609. The third-order valence-corrected chi connectivity index (χ3v) is 3.77. The van der Waals surface area contributed by atoms with Crippen molar-refractivity contribution in [2.24, 2.45) is 0 Å². The van der Waals surface area contributed by atoms with Crippen LogP contribution in [0.3, 0.4) is 0 Å². The van der Waals surface area contributed by atoms with Crippen LogP contribution in [0.4, 0.5) is 5.82 Å². The van der Waals surface area contributed by atoms with Crippen molar-refractivity contribution in [1.82, 2.24) is 19.6 Å². The van der Waals surface area contributed by atoms with Crippen LogP contribution in [0.15, 0.2) is 12.3 Å². The first kappa shape index (κ1) is 13.4. The van der Waals surface area contributed by atoms with Crippen molar-refractivity contribution < 1.29 is 0 Å². The lowest BCUT2D eigenvalue weighted by atomic mass is 10.2. The van der Waals surface area contributed by atoms with Crippen LogP contribution in [0.2, 0.25) is 0 Å². The van der Waals surface area contributed by atoms with E-state index in [1.165, 1.54) is 32.5 Å². The van der Waals surface area contributed by atoms with Gasteiger partial charge in [-0.25, -0.2) is 0 Å². The van der Waals surface area contributed by atoms with E-state index in [2.05, 4.69) is 28.9 Å². The number of rotatable bonds is 4. The molecule has 0 amide bonds. The molecule has 0 bridgehead atoms. The first-order valence-electron chi connectivity index (χ1n) is 6.90. The summed E-state index contributed by atoms with van der Waals surface area (Å²) in [6.07, 6.45) is 4.43. The molecule has 1 aromatic heterocycles. The Balaban J connectivity index is 1.89. The van der Waals surface area contributed by atoms with Crippen molar-refractivity contribution >= 4 is 5.82 Å². The van der Waals surface area contributed by atoms with E-state index >= 15 is 0 Å². The molecule has 0 saturated carbocycles. The van der Waals surface area contributed by atoms with Crippen molar-refractivity contribution in [3.63, 3.8) is 0 Å². The Morgan fingerprint density at radius 2 is 2.22 bits per heavy atom. The van der Waals surface area contributed by atoms with Crippen LogP contribution in [0.1, 0.15) is 19.8 Å². The van der Waals surface area contributed by atoms with Crippen LogP contribution in [0, 0.1) is 0 Å². The van der Waals surface area contributed by atoms with Crippen LogP contribution in [0.25, 0.3) is 0 Å². The average Bonchev–Trinajstić information content (AvgIpc) is 2.67. The largest absolute Gasteiger partial charge is 0.382 e. The molecule has 0 aliphatic carbocycles. The molecule has 0 spiro atoms. The molecule has 1 aromatic rings. The zero-order valence-corrected chi connectivity index (χ0v) is 11.5. The SMILES string of the molecule is CCC1CN(C)CCCN1CCn1ccc(N)n1. The maximum atomic E-state index is 5.63. The van der Waals surface area contributed by atoms with E-state index in [-0.39, 0.29) is 0 Å². The lowest BCUT2D eigenvalue weighted by Gasteiger charge is -2.30. The Kier molecular flexibility index (Phi) is 4.60. The van der Waals surface area contributed by atoms with E-state index in [4.69, 9.17) is 5.73 Å². The Morgan fingerprint density at radius 1 is 1.39 bits per heavy atom. The van der Waals surface area contributed by atoms with E-state index in [0.29, 0.717) is 11.9 Å². The van der Waals surface area contributed by atoms with Crippen molar-refractivity contribution in [3.05, 3.63) is 12.3 Å². The summed E-state index contributed by atoms with van der Waals surface area (Å²) in [6, 6.07) is 2.53. The van der Waals surface area contributed by atoms with Crippen molar-refractivity contribution in [3.8, 4) is 0 Å². The third kappa shape index (κ3) is 3.46. The summed E-state index contributed by atoms with van der Waals surface area (Å²) in [4.78, 5) is 5.04. The van der Waals surface area contributed by atoms with Gasteiger partial charge in [0.25, 0.3) is 0 Å². The molecule has 2 rings (SSSR count). The molecule has 18 heavy (non-hydrogen) atoms. The van der Waals surface area contributed by atoms with Crippen LogP contribution in [0.5, 0.6) is 0 Å². The minimum Gasteiger partial charge on any atom is -0.382 e. The molecule has 5 nitrogen and oxygen atoms in total. The molecular formula is C13H25N5. The van der Waals surface area contributed by atoms with E-state index in [1.807, 2.05) is 16.9 Å². The summed E-state index contributed by atoms with van der Waals surface area (Å²) in [5, 5.41) is 4.24. The summed E-state index contributed by atoms with van der Waals surface area (Å²) >= 11 is 0. The summed E-state index contributed by atoms with van der Waals surface area (Å²) < 4.78 is 1.94. The smallest absolute Gasteiger partial charge is 0.145 e. The molecule has 1 aliphatic heterocycles. The Hall–Kier alpha value is -1.07. The third-order valence-electron chi connectivity index (χ3n) is 3.77. The predicted molar refractivity (Wildman–Crippen MR) is 74.4 cm³/mol. The highest BCUT2D eigenvalue weighted by molar-refractivity contribution is 5.23. The van der Waals surface area contributed by atoms with Crippen LogP contribution in [-0.4, -0.2) is 58.8 Å². The van der Waals surface area contributed by atoms with Crippen molar-refractivity contribution in [2.45, 2.75) is 32.4 Å². The van der Waals surface area contributed by atoms with Gasteiger partial charge in [0.15, 0.2) is 0 Å². The topological polar surface area (TPSA) is 50.3 Å². The fourth-order valence-corrected chi connectivity index (χ4v) is 2.71. The van der Waals surface area contributed by atoms with Gasteiger partial charge in [0, 0.05) is 25.3 Å². The van der Waals surface area contributed by atoms with Crippen molar-refractivity contribution in [1.29, 1.82) is 0 Å². The molecule has 1 unspecified atom stereocenters. The lowest BCUT2D eigenvalue weighted by molar-refractivity contribution is 0.175. The predicted octanol–water partition coefficient (Wildman–Crippen LogP) is 0.881. The van der Waals surface area contributed by atoms with Gasteiger partial charge >= 0.3 is 0 Å². The number of nitrogens with two attached hydrogens (primary N) is 1. The van der Waals surface area contributed by atoms with Gasteiger partial charge in [-0.1, -0.05) is 6.92 Å². The lowest BCUT2D eigenvalue weighted by Crippen LogP contribution is -2.41. The van der Waals surface area contributed by atoms with Gasteiger partial charge in [0.1, 0.15) is 5.82 Å². The van der Waals surface area contributed by atoms with Gasteiger partial charge in [0.2, 0.25) is 0 Å². The van der Waals surface area contributed by atoms with E-state index < -0.39 is 0 Å². The van der Waals surface area contributed by atoms with Crippen molar-refractivity contribution in [2.75, 3.05) is 39.0 Å². The highest BCUT2D eigenvalue weighted by atomic mass is 15.3. The standard InChI is InChI=1S/C13H25N5/c1-3-12-11-16(2)6-4-7-17(12)9-10-18-8-5-13(14)15-18/h5,8,12H,3-4,6-7,9-11H2,1-2H3,(H2,14,15). The second kappa shape index (κ2) is 6.20. The maximum Gasteiger partial charge on any atom is 0.145 e. The Bertz CT molecular complexity index is 362. The monoisotopic (exact) mass is 251 g/mol. The second-order valence-corrected chi connectivity index (χ2v) is 5.22. The fraction of sp³-hybridized carbons (Fsp3) is 0.769. The van der Waals surface area contributed by atoms with Gasteiger partial charge < -0.3 is 10.6 Å². The minimum atomic E-state index is 0.609. The molecule has 1 fully saturated rings. The first-order valence-corrected chi connectivity index (χ1v) is 6.90. The zero-order valence-electron chi connectivity index (χ0n) is 11.5. The minimum absolute atomic E-state index is 0.609. The molecular weight excluding hydrogens is 226 g/mol. The molecule has 102 valence electrons. The van der Waals surface area contributed by atoms with E-state index in [9.17, 15) is 0 Å². The van der Waals surface area contributed by atoms with Crippen LogP contribution >= 0.6 is 0 Å². The highest BCUT2D eigenvalue weighted by Crippen LogP contribution is 2.12. The number of hydrogen-bond acceptors (Lipinski definition) is 4. The fourth-order valence-electron chi connectivity index (χ4n) is 2.71. The van der Waals surface area contributed by atoms with Gasteiger partial charge in [-0.15, -0.1) is 0 Å². The number of anilines is 1. The molecule has 1 aliphatic rings. The molecule has 0 aromatic carbocycles. The van der Waals surface area contributed by atoms with E-state index in [0.717, 1.165) is 13.1 Å². The van der Waals surface area contributed by atoms with Gasteiger partial charge in [-0.3, -0.25) is 9.58 Å². The summed E-state index contributed by atoms with van der Waals surface area (Å²) in [5.41, 5.74) is 5.63. The number of nitrogen functional groups attached to an aromatic ring is 1. The quantitative estimate of drug-likeness (QED) is 0.863. The molecule has 1 atom stereocenters. The number of aromatic nitrogens is 2. The first-order chi connectivity index (χ1) is 8.69. The molecule has 2 N–H and O–H groups in total. The van der Waals surface area contributed by atoms with Crippen LogP contribution in [-0.2, 0) is 6.54 Å². The molecule has 0 radical (unpaired) electrons. The summed E-state index contributed by atoms with van der Waals surface area (Å²) in [6.45, 7) is 7.85. The maximum absolute atomic E-state index is 5.63. The molecule has 1 saturated heterocycles. The summed E-state index contributed by atoms with van der Waals surface area (Å²) in [7, 11) is 2.22. The second-order valence-electron chi connectivity index (χ2n) is 5.22. The normalized spacial score (nSPS) is 23.1. The highest BCUT2D eigenvalue weighted by Gasteiger charge is 2.21. The number of hydrogen-bond donors (Lipinski definition) is 1. The Labute approximate surface area is 110 Å².